The van der Waals surface area contributed by atoms with Crippen molar-refractivity contribution in [1.29, 1.82) is 0 Å². The SMILES string of the molecule is COCCn1cc(NC(=O)c2cc(F)ccc2N)cn1. The number of nitrogens with zero attached hydrogens (tertiary/aromatic N) is 2. The number of amides is 1. The number of benzene rings is 1. The molecule has 3 N–H and O–H groups in total. The van der Waals surface area contributed by atoms with Crippen molar-refractivity contribution < 1.29 is 13.9 Å². The number of carbonyl (C=O) groups is 1. The van der Waals surface area contributed by atoms with Crippen LogP contribution in [0.15, 0.2) is 30.6 Å². The summed E-state index contributed by atoms with van der Waals surface area (Å²) in [7, 11) is 1.60. The van der Waals surface area contributed by atoms with Gasteiger partial charge in [-0.3, -0.25) is 9.48 Å². The number of halogens is 1. The lowest BCUT2D eigenvalue weighted by Gasteiger charge is -2.05. The third-order valence-corrected chi connectivity index (χ3v) is 2.68. The molecule has 1 aromatic carbocycles. The summed E-state index contributed by atoms with van der Waals surface area (Å²) in [6.07, 6.45) is 3.16. The van der Waals surface area contributed by atoms with Gasteiger partial charge < -0.3 is 15.8 Å². The maximum atomic E-state index is 13.1. The smallest absolute Gasteiger partial charge is 0.257 e. The molecule has 0 spiro atoms. The zero-order valence-electron chi connectivity index (χ0n) is 11.0. The molecule has 0 atom stereocenters. The van der Waals surface area contributed by atoms with Crippen molar-refractivity contribution in [3.63, 3.8) is 0 Å². The first-order valence-corrected chi connectivity index (χ1v) is 5.98. The second-order valence-electron chi connectivity index (χ2n) is 4.17. The summed E-state index contributed by atoms with van der Waals surface area (Å²) in [6, 6.07) is 3.65. The number of methoxy groups -OCH3 is 1. The predicted octanol–water partition coefficient (Wildman–Crippen LogP) is 1.50. The molecule has 2 aromatic rings. The minimum absolute atomic E-state index is 0.0923. The molecule has 6 nitrogen and oxygen atoms in total. The molecular formula is C13H15FN4O2. The summed E-state index contributed by atoms with van der Waals surface area (Å²) in [5, 5.41) is 6.67. The average Bonchev–Trinajstić information content (AvgIpc) is 2.86. The highest BCUT2D eigenvalue weighted by atomic mass is 19.1. The number of nitrogens with two attached hydrogens (primary N) is 1. The zero-order valence-corrected chi connectivity index (χ0v) is 11.0. The first kappa shape index (κ1) is 14.0. The van der Waals surface area contributed by atoms with Gasteiger partial charge in [-0.05, 0) is 18.2 Å². The number of rotatable bonds is 5. The van der Waals surface area contributed by atoms with Crippen molar-refractivity contribution in [2.24, 2.45) is 0 Å². The number of carbonyl (C=O) groups excluding carboxylic acids is 1. The third kappa shape index (κ3) is 3.33. The van der Waals surface area contributed by atoms with Gasteiger partial charge in [0.25, 0.3) is 5.91 Å². The van der Waals surface area contributed by atoms with Gasteiger partial charge in [-0.2, -0.15) is 5.10 Å². The number of nitrogens with one attached hydrogen (secondary N) is 1. The Morgan fingerprint density at radius 2 is 2.35 bits per heavy atom. The standard InChI is InChI=1S/C13H15FN4O2/c1-20-5-4-18-8-10(7-16-18)17-13(19)11-6-9(14)2-3-12(11)15/h2-3,6-8H,4-5,15H2,1H3,(H,17,19). The van der Waals surface area contributed by atoms with Crippen LogP contribution in [0.3, 0.4) is 0 Å². The second-order valence-corrected chi connectivity index (χ2v) is 4.17. The van der Waals surface area contributed by atoms with Gasteiger partial charge in [0, 0.05) is 19.0 Å². The van der Waals surface area contributed by atoms with Gasteiger partial charge >= 0.3 is 0 Å². The molecule has 1 heterocycles. The first-order valence-electron chi connectivity index (χ1n) is 5.98. The molecule has 20 heavy (non-hydrogen) atoms. The van der Waals surface area contributed by atoms with Gasteiger partial charge in [-0.25, -0.2) is 4.39 Å². The summed E-state index contributed by atoms with van der Waals surface area (Å²) in [6.45, 7) is 1.10. The molecule has 1 aromatic heterocycles. The number of hydrogen-bond acceptors (Lipinski definition) is 4. The minimum Gasteiger partial charge on any atom is -0.398 e. The number of hydrogen-bond donors (Lipinski definition) is 2. The first-order chi connectivity index (χ1) is 9.60. The van der Waals surface area contributed by atoms with E-state index in [2.05, 4.69) is 10.4 Å². The average molecular weight is 278 g/mol. The molecule has 0 aliphatic heterocycles. The van der Waals surface area contributed by atoms with Crippen molar-refractivity contribution in [2.75, 3.05) is 24.8 Å². The Kier molecular flexibility index (Phi) is 4.31. The minimum atomic E-state index is -0.514. The summed E-state index contributed by atoms with van der Waals surface area (Å²) < 4.78 is 19.7. The van der Waals surface area contributed by atoms with Gasteiger partial charge in [0.05, 0.1) is 30.6 Å². The quantitative estimate of drug-likeness (QED) is 0.812. The summed E-state index contributed by atoms with van der Waals surface area (Å²) >= 11 is 0. The van der Waals surface area contributed by atoms with Gasteiger partial charge in [-0.15, -0.1) is 0 Å². The third-order valence-electron chi connectivity index (χ3n) is 2.68. The van der Waals surface area contributed by atoms with E-state index in [1.165, 1.54) is 18.3 Å². The van der Waals surface area contributed by atoms with Crippen LogP contribution in [0, 0.1) is 5.82 Å². The number of anilines is 2. The molecule has 0 fully saturated rings. The highest BCUT2D eigenvalue weighted by Crippen LogP contribution is 2.15. The van der Waals surface area contributed by atoms with Crippen LogP contribution in [-0.2, 0) is 11.3 Å². The Hall–Kier alpha value is -2.41. The van der Waals surface area contributed by atoms with E-state index in [0.29, 0.717) is 18.8 Å². The van der Waals surface area contributed by atoms with Crippen molar-refractivity contribution in [3.8, 4) is 0 Å². The summed E-state index contributed by atoms with van der Waals surface area (Å²) in [5.74, 6) is -0.992. The lowest BCUT2D eigenvalue weighted by Crippen LogP contribution is -2.14. The van der Waals surface area contributed by atoms with Crippen molar-refractivity contribution >= 4 is 17.3 Å². The highest BCUT2D eigenvalue weighted by molar-refractivity contribution is 6.07. The number of aromatic nitrogens is 2. The molecule has 0 bridgehead atoms. The Morgan fingerprint density at radius 3 is 3.10 bits per heavy atom. The van der Waals surface area contributed by atoms with E-state index in [-0.39, 0.29) is 11.3 Å². The monoisotopic (exact) mass is 278 g/mol. The van der Waals surface area contributed by atoms with E-state index < -0.39 is 11.7 Å². The molecule has 7 heteroatoms. The van der Waals surface area contributed by atoms with E-state index in [4.69, 9.17) is 10.5 Å². The fourth-order valence-electron chi connectivity index (χ4n) is 1.66. The molecule has 0 aliphatic carbocycles. The zero-order chi connectivity index (χ0) is 14.5. The molecule has 2 rings (SSSR count). The largest absolute Gasteiger partial charge is 0.398 e. The number of ether oxygens (including phenoxy) is 1. The van der Waals surface area contributed by atoms with E-state index in [9.17, 15) is 9.18 Å². The van der Waals surface area contributed by atoms with Crippen molar-refractivity contribution in [1.82, 2.24) is 9.78 Å². The Morgan fingerprint density at radius 1 is 1.55 bits per heavy atom. The van der Waals surface area contributed by atoms with Crippen LogP contribution >= 0.6 is 0 Å². The Bertz CT molecular complexity index is 612. The molecule has 106 valence electrons. The van der Waals surface area contributed by atoms with Crippen molar-refractivity contribution in [2.45, 2.75) is 6.54 Å². The van der Waals surface area contributed by atoms with Gasteiger partial charge in [0.2, 0.25) is 0 Å². The maximum absolute atomic E-state index is 13.1. The van der Waals surface area contributed by atoms with Crippen LogP contribution in [0.25, 0.3) is 0 Å². The maximum Gasteiger partial charge on any atom is 0.257 e. The topological polar surface area (TPSA) is 82.2 Å². The van der Waals surface area contributed by atoms with Crippen LogP contribution in [0.1, 0.15) is 10.4 Å². The molecule has 1 amide bonds. The lowest BCUT2D eigenvalue weighted by molar-refractivity contribution is 0.102. The molecule has 0 unspecified atom stereocenters. The fourth-order valence-corrected chi connectivity index (χ4v) is 1.66. The second kappa shape index (κ2) is 6.16. The van der Waals surface area contributed by atoms with Crippen LogP contribution < -0.4 is 11.1 Å². The fraction of sp³-hybridized carbons (Fsp3) is 0.231. The Labute approximate surface area is 115 Å². The van der Waals surface area contributed by atoms with Crippen LogP contribution in [0.5, 0.6) is 0 Å². The Balaban J connectivity index is 2.07. The van der Waals surface area contributed by atoms with E-state index >= 15 is 0 Å². The molecule has 0 aliphatic rings. The van der Waals surface area contributed by atoms with Gasteiger partial charge in [-0.1, -0.05) is 0 Å². The summed E-state index contributed by atoms with van der Waals surface area (Å²) in [4.78, 5) is 12.0. The predicted molar refractivity (Wildman–Crippen MR) is 72.9 cm³/mol. The van der Waals surface area contributed by atoms with Crippen LogP contribution in [-0.4, -0.2) is 29.4 Å². The van der Waals surface area contributed by atoms with E-state index in [1.54, 1.807) is 18.0 Å². The van der Waals surface area contributed by atoms with Crippen molar-refractivity contribution in [3.05, 3.63) is 42.0 Å². The molecule has 0 saturated carbocycles. The molecule has 0 saturated heterocycles. The van der Waals surface area contributed by atoms with E-state index in [0.717, 1.165) is 6.07 Å². The summed E-state index contributed by atoms with van der Waals surface area (Å²) in [5.41, 5.74) is 6.47. The van der Waals surface area contributed by atoms with E-state index in [1.807, 2.05) is 0 Å². The van der Waals surface area contributed by atoms with Crippen LogP contribution in [0.2, 0.25) is 0 Å². The highest BCUT2D eigenvalue weighted by Gasteiger charge is 2.12. The van der Waals surface area contributed by atoms with Crippen LogP contribution in [0.4, 0.5) is 15.8 Å². The lowest BCUT2D eigenvalue weighted by atomic mass is 10.1. The van der Waals surface area contributed by atoms with Gasteiger partial charge in [0.1, 0.15) is 5.82 Å². The van der Waals surface area contributed by atoms with Gasteiger partial charge in [0.15, 0.2) is 0 Å². The molecule has 0 radical (unpaired) electrons. The number of nitrogen functional groups attached to an aromatic ring is 1. The molecular weight excluding hydrogens is 263 g/mol. The normalized spacial score (nSPS) is 10.5.